The summed E-state index contributed by atoms with van der Waals surface area (Å²) in [6.07, 6.45) is 0. The van der Waals surface area contributed by atoms with E-state index in [0.717, 1.165) is 23.0 Å². The third kappa shape index (κ3) is 4.20. The molecule has 0 radical (unpaired) electrons. The van der Waals surface area contributed by atoms with Crippen molar-refractivity contribution in [3.05, 3.63) is 50.7 Å². The van der Waals surface area contributed by atoms with E-state index in [9.17, 15) is 0 Å². The summed E-state index contributed by atoms with van der Waals surface area (Å²) in [6.45, 7) is 1.60. The molecular weight excluding hydrogens is 306 g/mol. The SMILES string of the molecule is COc1ccc(CN(C)Cc2ccc(Cl)s2)cc1C(=N)N. The zero-order valence-corrected chi connectivity index (χ0v) is 13.6. The summed E-state index contributed by atoms with van der Waals surface area (Å²) in [5, 5.41) is 7.61. The van der Waals surface area contributed by atoms with Crippen LogP contribution in [0.4, 0.5) is 0 Å². The highest BCUT2D eigenvalue weighted by atomic mass is 35.5. The van der Waals surface area contributed by atoms with Crippen molar-refractivity contribution in [2.75, 3.05) is 14.2 Å². The van der Waals surface area contributed by atoms with Crippen LogP contribution in [0.1, 0.15) is 16.0 Å². The largest absolute Gasteiger partial charge is 0.496 e. The highest BCUT2D eigenvalue weighted by molar-refractivity contribution is 7.16. The second kappa shape index (κ2) is 6.93. The van der Waals surface area contributed by atoms with Crippen LogP contribution < -0.4 is 10.5 Å². The fourth-order valence-electron chi connectivity index (χ4n) is 2.13. The molecule has 0 atom stereocenters. The number of nitrogen functional groups attached to an aromatic ring is 1. The highest BCUT2D eigenvalue weighted by Gasteiger charge is 2.09. The zero-order valence-electron chi connectivity index (χ0n) is 12.0. The maximum absolute atomic E-state index is 7.61. The van der Waals surface area contributed by atoms with Gasteiger partial charge in [0.1, 0.15) is 11.6 Å². The normalized spacial score (nSPS) is 10.9. The van der Waals surface area contributed by atoms with Gasteiger partial charge >= 0.3 is 0 Å². The quantitative estimate of drug-likeness (QED) is 0.633. The van der Waals surface area contributed by atoms with Crippen molar-refractivity contribution in [3.63, 3.8) is 0 Å². The van der Waals surface area contributed by atoms with Gasteiger partial charge in [-0.2, -0.15) is 0 Å². The van der Waals surface area contributed by atoms with Gasteiger partial charge < -0.3 is 10.5 Å². The highest BCUT2D eigenvalue weighted by Crippen LogP contribution is 2.24. The monoisotopic (exact) mass is 323 g/mol. The van der Waals surface area contributed by atoms with Gasteiger partial charge in [-0.05, 0) is 36.9 Å². The Balaban J connectivity index is 2.08. The number of nitrogens with two attached hydrogens (primary N) is 1. The number of hydrogen-bond donors (Lipinski definition) is 2. The van der Waals surface area contributed by atoms with Crippen molar-refractivity contribution < 1.29 is 4.74 Å². The molecule has 3 N–H and O–H groups in total. The molecule has 1 heterocycles. The summed E-state index contributed by atoms with van der Waals surface area (Å²) in [6, 6.07) is 9.69. The summed E-state index contributed by atoms with van der Waals surface area (Å²) >= 11 is 7.53. The fraction of sp³-hybridized carbons (Fsp3) is 0.267. The fourth-order valence-corrected chi connectivity index (χ4v) is 3.30. The molecule has 2 rings (SSSR count). The van der Waals surface area contributed by atoms with Gasteiger partial charge in [0, 0.05) is 18.0 Å². The van der Waals surface area contributed by atoms with Crippen molar-refractivity contribution in [2.45, 2.75) is 13.1 Å². The Hall–Kier alpha value is -1.56. The molecule has 2 aromatic rings. The molecule has 0 fully saturated rings. The van der Waals surface area contributed by atoms with Gasteiger partial charge in [-0.15, -0.1) is 11.3 Å². The van der Waals surface area contributed by atoms with Crippen LogP contribution in [0, 0.1) is 5.41 Å². The standard InChI is InChI=1S/C15H18ClN3OS/c1-19(9-11-4-6-14(16)21-11)8-10-3-5-13(20-2)12(7-10)15(17)18/h3-7H,8-9H2,1-2H3,(H3,17,18). The molecule has 0 aliphatic heterocycles. The number of halogens is 1. The Morgan fingerprint density at radius 1 is 1.33 bits per heavy atom. The van der Waals surface area contributed by atoms with E-state index >= 15 is 0 Å². The van der Waals surface area contributed by atoms with Crippen LogP contribution >= 0.6 is 22.9 Å². The van der Waals surface area contributed by atoms with Gasteiger partial charge in [0.2, 0.25) is 0 Å². The summed E-state index contributed by atoms with van der Waals surface area (Å²) in [5.41, 5.74) is 7.31. The number of rotatable bonds is 6. The summed E-state index contributed by atoms with van der Waals surface area (Å²) in [4.78, 5) is 3.41. The molecule has 1 aromatic carbocycles. The average Bonchev–Trinajstić information content (AvgIpc) is 2.83. The van der Waals surface area contributed by atoms with E-state index in [1.165, 1.54) is 4.88 Å². The number of nitrogens with one attached hydrogen (secondary N) is 1. The van der Waals surface area contributed by atoms with Gasteiger partial charge in [-0.1, -0.05) is 17.7 Å². The van der Waals surface area contributed by atoms with Gasteiger partial charge in [0.15, 0.2) is 0 Å². The molecule has 0 amide bonds. The molecule has 0 spiro atoms. The second-order valence-corrected chi connectivity index (χ2v) is 6.63. The van der Waals surface area contributed by atoms with Crippen LogP contribution in [0.3, 0.4) is 0 Å². The topological polar surface area (TPSA) is 62.3 Å². The Morgan fingerprint density at radius 2 is 2.10 bits per heavy atom. The van der Waals surface area contributed by atoms with Gasteiger partial charge in [-0.3, -0.25) is 10.3 Å². The lowest BCUT2D eigenvalue weighted by Gasteiger charge is -2.17. The van der Waals surface area contributed by atoms with Gasteiger partial charge in [0.25, 0.3) is 0 Å². The maximum Gasteiger partial charge on any atom is 0.129 e. The Morgan fingerprint density at radius 3 is 2.67 bits per heavy atom. The number of nitrogens with zero attached hydrogens (tertiary/aromatic N) is 1. The zero-order chi connectivity index (χ0) is 15.4. The number of benzene rings is 1. The molecule has 112 valence electrons. The van der Waals surface area contributed by atoms with Crippen LogP contribution in [0.15, 0.2) is 30.3 Å². The van der Waals surface area contributed by atoms with Gasteiger partial charge in [0.05, 0.1) is 17.0 Å². The van der Waals surface area contributed by atoms with Crippen molar-refractivity contribution in [1.82, 2.24) is 4.90 Å². The first-order chi connectivity index (χ1) is 9.99. The summed E-state index contributed by atoms with van der Waals surface area (Å²) in [7, 11) is 3.62. The van der Waals surface area contributed by atoms with Crippen molar-refractivity contribution in [3.8, 4) is 5.75 Å². The predicted octanol–water partition coefficient (Wildman–Crippen LogP) is 3.33. The van der Waals surface area contributed by atoms with Crippen molar-refractivity contribution >= 4 is 28.8 Å². The number of ether oxygens (including phenoxy) is 1. The summed E-state index contributed by atoms with van der Waals surface area (Å²) < 4.78 is 6.02. The minimum Gasteiger partial charge on any atom is -0.496 e. The smallest absolute Gasteiger partial charge is 0.129 e. The minimum atomic E-state index is 0.0152. The Bertz CT molecular complexity index is 642. The van der Waals surface area contributed by atoms with E-state index < -0.39 is 0 Å². The molecule has 21 heavy (non-hydrogen) atoms. The number of hydrogen-bond acceptors (Lipinski definition) is 4. The van der Waals surface area contributed by atoms with E-state index in [4.69, 9.17) is 27.5 Å². The predicted molar refractivity (Wildman–Crippen MR) is 88.5 cm³/mol. The summed E-state index contributed by atoms with van der Waals surface area (Å²) in [5.74, 6) is 0.639. The van der Waals surface area contributed by atoms with E-state index in [1.54, 1.807) is 18.4 Å². The maximum atomic E-state index is 7.61. The lowest BCUT2D eigenvalue weighted by molar-refractivity contribution is 0.321. The van der Waals surface area contributed by atoms with E-state index in [0.29, 0.717) is 11.3 Å². The Labute approximate surface area is 133 Å². The molecule has 0 bridgehead atoms. The molecule has 6 heteroatoms. The van der Waals surface area contributed by atoms with E-state index in [1.807, 2.05) is 37.4 Å². The third-order valence-electron chi connectivity index (χ3n) is 3.06. The van der Waals surface area contributed by atoms with Crippen LogP contribution in [0.2, 0.25) is 4.34 Å². The molecule has 0 aliphatic carbocycles. The van der Waals surface area contributed by atoms with Crippen LogP contribution in [0.5, 0.6) is 5.75 Å². The minimum absolute atomic E-state index is 0.0152. The molecular formula is C15H18ClN3OS. The lowest BCUT2D eigenvalue weighted by atomic mass is 10.1. The van der Waals surface area contributed by atoms with Gasteiger partial charge in [-0.25, -0.2) is 0 Å². The van der Waals surface area contributed by atoms with E-state index in [-0.39, 0.29) is 5.84 Å². The molecule has 0 saturated carbocycles. The molecule has 0 unspecified atom stereocenters. The first-order valence-electron chi connectivity index (χ1n) is 6.43. The van der Waals surface area contributed by atoms with E-state index in [2.05, 4.69) is 4.90 Å². The molecule has 0 aliphatic rings. The Kier molecular flexibility index (Phi) is 5.22. The van der Waals surface area contributed by atoms with Crippen LogP contribution in [-0.2, 0) is 13.1 Å². The number of methoxy groups -OCH3 is 1. The molecule has 1 aromatic heterocycles. The first-order valence-corrected chi connectivity index (χ1v) is 7.63. The number of thiophene rings is 1. The second-order valence-electron chi connectivity index (χ2n) is 4.83. The molecule has 4 nitrogen and oxygen atoms in total. The lowest BCUT2D eigenvalue weighted by Crippen LogP contribution is -2.18. The molecule has 0 saturated heterocycles. The van der Waals surface area contributed by atoms with Crippen molar-refractivity contribution in [1.29, 1.82) is 5.41 Å². The first kappa shape index (κ1) is 15.8. The van der Waals surface area contributed by atoms with Crippen LogP contribution in [0.25, 0.3) is 0 Å². The third-order valence-corrected chi connectivity index (χ3v) is 4.28. The van der Waals surface area contributed by atoms with Crippen molar-refractivity contribution in [2.24, 2.45) is 5.73 Å². The average molecular weight is 324 g/mol. The van der Waals surface area contributed by atoms with Crippen LogP contribution in [-0.4, -0.2) is 24.9 Å². The number of amidine groups is 1.